The third-order valence-corrected chi connectivity index (χ3v) is 9.01. The Labute approximate surface area is 322 Å². The molecule has 5 N–H and O–H groups in total. The summed E-state index contributed by atoms with van der Waals surface area (Å²) < 4.78 is 18.5. The Morgan fingerprint density at radius 3 is 2.41 bits per heavy atom. The summed E-state index contributed by atoms with van der Waals surface area (Å²) in [6, 6.07) is 20.8. The number of carbonyl (C=O) groups excluding carboxylic acids is 3. The smallest absolute Gasteiger partial charge is 0.408 e. The number of benzene rings is 3. The Bertz CT molecular complexity index is 2160. The molecule has 5 aromatic rings. The summed E-state index contributed by atoms with van der Waals surface area (Å²) in [5, 5.41) is 30.0. The lowest BCUT2D eigenvalue weighted by molar-refractivity contribution is -0.125. The van der Waals surface area contributed by atoms with Crippen LogP contribution < -0.4 is 25.6 Å². The number of nitrogens with one attached hydrogen (secondary N) is 3. The average Bonchev–Trinajstić information content (AvgIpc) is 3.77. The zero-order valence-electron chi connectivity index (χ0n) is 30.7. The van der Waals surface area contributed by atoms with Crippen LogP contribution in [0.4, 0.5) is 16.3 Å². The van der Waals surface area contributed by atoms with Crippen LogP contribution in [0.2, 0.25) is 0 Å². The number of ether oxygens (including phenoxy) is 3. The minimum absolute atomic E-state index is 0.0288. The van der Waals surface area contributed by atoms with E-state index in [1.165, 1.54) is 17.2 Å². The molecule has 0 saturated carbocycles. The Morgan fingerprint density at radius 2 is 1.71 bits per heavy atom. The van der Waals surface area contributed by atoms with Gasteiger partial charge in [-0.05, 0) is 41.0 Å². The predicted octanol–water partition coefficient (Wildman–Crippen LogP) is 2.36. The van der Waals surface area contributed by atoms with Gasteiger partial charge in [0.15, 0.2) is 23.2 Å². The van der Waals surface area contributed by atoms with Gasteiger partial charge in [-0.3, -0.25) is 14.2 Å². The van der Waals surface area contributed by atoms with E-state index in [9.17, 15) is 24.6 Å². The van der Waals surface area contributed by atoms with Gasteiger partial charge in [-0.25, -0.2) is 19.7 Å². The van der Waals surface area contributed by atoms with Crippen LogP contribution in [0.3, 0.4) is 0 Å². The van der Waals surface area contributed by atoms with E-state index in [1.807, 2.05) is 44.4 Å². The van der Waals surface area contributed by atoms with Gasteiger partial charge in [0.05, 0.1) is 25.4 Å². The highest BCUT2D eigenvalue weighted by molar-refractivity contribution is 5.92. The minimum Gasteiger partial charge on any atom is -0.481 e. The lowest BCUT2D eigenvalue weighted by Gasteiger charge is -2.25. The number of fused-ring (bicyclic) bond motifs is 1. The SMILES string of the molecule is C#CCOc1ccc(C[C@H](NC(=O)OCc2ccc(NC(=O)Cc3ccccc3)cc2)C(=O)NC2C(CO)OC(n3cnc4c(N(C)C)ncnc43)C2O)cc1. The molecule has 56 heavy (non-hydrogen) atoms. The van der Waals surface area contributed by atoms with Gasteiger partial charge in [0, 0.05) is 26.2 Å². The van der Waals surface area contributed by atoms with Gasteiger partial charge < -0.3 is 45.3 Å². The number of carbonyl (C=O) groups is 3. The average molecular weight is 763 g/mol. The van der Waals surface area contributed by atoms with Crippen molar-refractivity contribution in [2.75, 3.05) is 37.5 Å². The highest BCUT2D eigenvalue weighted by atomic mass is 16.6. The Kier molecular flexibility index (Phi) is 12.7. The van der Waals surface area contributed by atoms with E-state index in [4.69, 9.17) is 20.6 Å². The van der Waals surface area contributed by atoms with E-state index in [-0.39, 0.29) is 32.0 Å². The predicted molar refractivity (Wildman–Crippen MR) is 205 cm³/mol. The number of alkyl carbamates (subject to hydrolysis) is 1. The molecule has 1 aliphatic heterocycles. The normalized spacial score (nSPS) is 18.1. The van der Waals surface area contributed by atoms with Gasteiger partial charge in [-0.2, -0.15) is 0 Å². The molecular formula is C40H42N8O8. The number of aliphatic hydroxyl groups excluding tert-OH is 2. The second-order valence-corrected chi connectivity index (χ2v) is 13.2. The van der Waals surface area contributed by atoms with Crippen molar-refractivity contribution in [3.8, 4) is 18.1 Å². The minimum atomic E-state index is -1.35. The van der Waals surface area contributed by atoms with Crippen LogP contribution in [0.15, 0.2) is 91.5 Å². The molecule has 6 rings (SSSR count). The number of hydrogen-bond acceptors (Lipinski definition) is 12. The van der Waals surface area contributed by atoms with Crippen LogP contribution in [0.25, 0.3) is 11.2 Å². The summed E-state index contributed by atoms with van der Waals surface area (Å²) in [6.45, 7) is -0.570. The Morgan fingerprint density at radius 1 is 0.982 bits per heavy atom. The van der Waals surface area contributed by atoms with Gasteiger partial charge in [0.25, 0.3) is 0 Å². The number of imidazole rings is 1. The van der Waals surface area contributed by atoms with E-state index in [2.05, 4.69) is 36.8 Å². The van der Waals surface area contributed by atoms with Gasteiger partial charge in [-0.1, -0.05) is 60.5 Å². The molecule has 0 radical (unpaired) electrons. The molecule has 0 bridgehead atoms. The van der Waals surface area contributed by atoms with Crippen LogP contribution >= 0.6 is 0 Å². The zero-order chi connectivity index (χ0) is 39.6. The third-order valence-electron chi connectivity index (χ3n) is 9.01. The number of aromatic nitrogens is 4. The monoisotopic (exact) mass is 762 g/mol. The van der Waals surface area contributed by atoms with Crippen LogP contribution in [0.1, 0.15) is 22.9 Å². The second-order valence-electron chi connectivity index (χ2n) is 13.2. The molecule has 3 aromatic carbocycles. The van der Waals surface area contributed by atoms with Crippen LogP contribution in [0.5, 0.6) is 5.75 Å². The number of aliphatic hydroxyl groups is 2. The number of nitrogens with zero attached hydrogens (tertiary/aromatic N) is 5. The van der Waals surface area contributed by atoms with Crippen molar-refractivity contribution in [1.82, 2.24) is 30.2 Å². The molecule has 0 aliphatic carbocycles. The fourth-order valence-electron chi connectivity index (χ4n) is 6.22. The molecule has 2 aromatic heterocycles. The topological polar surface area (TPSA) is 202 Å². The standard InChI is InChI=1S/C40H42N8O8/c1-4-18-54-29-16-12-26(13-17-29)19-30(45-40(53)55-22-27-10-14-28(15-11-27)44-32(50)20-25-8-6-5-7-9-25)38(52)46-33-31(21-49)56-39(35(33)51)48-24-43-34-36(47(2)3)41-23-42-37(34)48/h1,5-17,23-24,30-31,33,35,39,49,51H,18-22H2,2-3H3,(H,44,50)(H,45,53)(H,46,52)/t30-,31?,33?,35?,39?/m0/s1. The number of terminal acetylenes is 1. The van der Waals surface area contributed by atoms with Crippen molar-refractivity contribution in [2.45, 2.75) is 50.0 Å². The number of anilines is 2. The molecule has 4 unspecified atom stereocenters. The second kappa shape index (κ2) is 18.2. The van der Waals surface area contributed by atoms with Crippen LogP contribution in [-0.2, 0) is 38.5 Å². The molecule has 3 amide bonds. The van der Waals surface area contributed by atoms with E-state index in [1.54, 1.807) is 53.4 Å². The Hall–Kier alpha value is -6.54. The maximum Gasteiger partial charge on any atom is 0.408 e. The molecule has 1 aliphatic rings. The maximum atomic E-state index is 13.9. The molecule has 0 spiro atoms. The summed E-state index contributed by atoms with van der Waals surface area (Å²) >= 11 is 0. The van der Waals surface area contributed by atoms with Gasteiger partial charge in [-0.15, -0.1) is 6.42 Å². The van der Waals surface area contributed by atoms with Crippen molar-refractivity contribution in [3.05, 3.63) is 108 Å². The first-order valence-corrected chi connectivity index (χ1v) is 17.7. The van der Waals surface area contributed by atoms with Crippen molar-refractivity contribution < 1.29 is 38.8 Å². The largest absolute Gasteiger partial charge is 0.481 e. The first kappa shape index (κ1) is 39.2. The molecular weight excluding hydrogens is 720 g/mol. The highest BCUT2D eigenvalue weighted by Crippen LogP contribution is 2.33. The summed E-state index contributed by atoms with van der Waals surface area (Å²) in [6.07, 6.45) is 4.06. The molecule has 1 fully saturated rings. The Balaban J connectivity index is 1.12. The summed E-state index contributed by atoms with van der Waals surface area (Å²) in [4.78, 5) is 54.3. The van der Waals surface area contributed by atoms with Gasteiger partial charge in [0.2, 0.25) is 11.8 Å². The fraction of sp³-hybridized carbons (Fsp3) is 0.300. The number of amides is 3. The number of hydrogen-bond donors (Lipinski definition) is 5. The van der Waals surface area contributed by atoms with E-state index in [0.717, 1.165) is 5.56 Å². The summed E-state index contributed by atoms with van der Waals surface area (Å²) in [5.74, 6) is 2.66. The summed E-state index contributed by atoms with van der Waals surface area (Å²) in [7, 11) is 3.62. The molecule has 1 saturated heterocycles. The van der Waals surface area contributed by atoms with Crippen molar-refractivity contribution in [3.63, 3.8) is 0 Å². The van der Waals surface area contributed by atoms with Gasteiger partial charge in [0.1, 0.15) is 43.5 Å². The quantitative estimate of drug-likeness (QED) is 0.0977. The van der Waals surface area contributed by atoms with Crippen LogP contribution in [0, 0.1) is 12.3 Å². The fourth-order valence-corrected chi connectivity index (χ4v) is 6.22. The van der Waals surface area contributed by atoms with Crippen molar-refractivity contribution in [1.29, 1.82) is 0 Å². The molecule has 5 atom stereocenters. The van der Waals surface area contributed by atoms with E-state index in [0.29, 0.717) is 39.5 Å². The zero-order valence-corrected chi connectivity index (χ0v) is 30.7. The maximum absolute atomic E-state index is 13.9. The molecule has 16 nitrogen and oxygen atoms in total. The highest BCUT2D eigenvalue weighted by Gasteiger charge is 2.46. The van der Waals surface area contributed by atoms with Crippen molar-refractivity contribution in [2.24, 2.45) is 0 Å². The van der Waals surface area contributed by atoms with E-state index >= 15 is 0 Å². The first-order chi connectivity index (χ1) is 27.1. The lowest BCUT2D eigenvalue weighted by atomic mass is 10.0. The first-order valence-electron chi connectivity index (χ1n) is 17.7. The van der Waals surface area contributed by atoms with E-state index < -0.39 is 49.1 Å². The molecule has 3 heterocycles. The molecule has 290 valence electrons. The lowest BCUT2D eigenvalue weighted by Crippen LogP contribution is -2.55. The third kappa shape index (κ3) is 9.57. The van der Waals surface area contributed by atoms with Gasteiger partial charge >= 0.3 is 6.09 Å². The summed E-state index contributed by atoms with van der Waals surface area (Å²) in [5.41, 5.74) is 3.65. The molecule has 16 heteroatoms. The number of rotatable bonds is 15. The van der Waals surface area contributed by atoms with Crippen molar-refractivity contribution >= 4 is 40.6 Å². The van der Waals surface area contributed by atoms with Crippen LogP contribution in [-0.4, -0.2) is 99.2 Å².